The topological polar surface area (TPSA) is 106 Å². The summed E-state index contributed by atoms with van der Waals surface area (Å²) in [5.41, 5.74) is 5.73. The first-order valence-electron chi connectivity index (χ1n) is 17.3. The lowest BCUT2D eigenvalue weighted by atomic mass is 10.2. The predicted octanol–water partition coefficient (Wildman–Crippen LogP) is 8.52. The second-order valence-corrected chi connectivity index (χ2v) is 15.3. The fourth-order valence-electron chi connectivity index (χ4n) is 6.10. The number of nitrogens with zero attached hydrogens (tertiary/aromatic N) is 4. The summed E-state index contributed by atoms with van der Waals surface area (Å²) in [7, 11) is -3.94. The van der Waals surface area contributed by atoms with Crippen molar-refractivity contribution < 1.29 is 17.9 Å². The highest BCUT2D eigenvalue weighted by Gasteiger charge is 2.27. The molecular weight excluding hydrogens is 729 g/mol. The number of hydrogen-bond donors (Lipinski definition) is 1. The molecule has 9 nitrogen and oxygen atoms in total. The molecule has 0 radical (unpaired) electrons. The summed E-state index contributed by atoms with van der Waals surface area (Å²) in [4.78, 5) is 15.9. The largest absolute Gasteiger partial charge is 0.381 e. The van der Waals surface area contributed by atoms with Crippen LogP contribution in [-0.4, -0.2) is 47.2 Å². The van der Waals surface area contributed by atoms with Gasteiger partial charge in [-0.05, 0) is 96.4 Å². The van der Waals surface area contributed by atoms with Crippen LogP contribution in [0.4, 0.5) is 22.7 Å². The Balaban J connectivity index is 0.000000198. The van der Waals surface area contributed by atoms with Crippen LogP contribution in [0.5, 0.6) is 0 Å². The van der Waals surface area contributed by atoms with Gasteiger partial charge < -0.3 is 19.9 Å². The number of morpholine rings is 1. The van der Waals surface area contributed by atoms with Crippen molar-refractivity contribution in [1.82, 2.24) is 0 Å². The Bertz CT molecular complexity index is 2170. The standard InChI is InChI=1S/C24H22ClN3O3S.C17H17ClN2O/c25-21-9-7-19(8-10-21)18-28(32(29,30)24-6-1-3-20(15-24)17-26)23-5-2-4-22(16-23)27-11-13-31-14-12-27;18-14-8-6-13(7-9-14)12-19-15-3-1-4-16(11-15)20-10-2-5-17(20)21/h1-10,15-16H,11-14,18H2;1,3-4,6-9,11,19H,2,5,10,12H2. The number of sulfonamides is 1. The maximum Gasteiger partial charge on any atom is 0.264 e. The van der Waals surface area contributed by atoms with Gasteiger partial charge >= 0.3 is 0 Å². The number of amides is 1. The average Bonchev–Trinajstić information content (AvgIpc) is 3.64. The summed E-state index contributed by atoms with van der Waals surface area (Å²) >= 11 is 11.9. The van der Waals surface area contributed by atoms with E-state index in [1.807, 2.05) is 89.8 Å². The maximum atomic E-state index is 13.7. The Kier molecular flexibility index (Phi) is 12.6. The van der Waals surface area contributed by atoms with Crippen molar-refractivity contribution in [1.29, 1.82) is 5.26 Å². The lowest BCUT2D eigenvalue weighted by molar-refractivity contribution is -0.117. The van der Waals surface area contributed by atoms with E-state index in [1.165, 1.54) is 22.0 Å². The van der Waals surface area contributed by atoms with Gasteiger partial charge in [-0.25, -0.2) is 8.42 Å². The third kappa shape index (κ3) is 9.89. The normalized spacial score (nSPS) is 14.2. The van der Waals surface area contributed by atoms with E-state index in [0.717, 1.165) is 60.2 Å². The number of ether oxygens (including phenoxy) is 1. The van der Waals surface area contributed by atoms with E-state index in [0.29, 0.717) is 35.9 Å². The third-order valence-electron chi connectivity index (χ3n) is 8.93. The van der Waals surface area contributed by atoms with E-state index >= 15 is 0 Å². The number of rotatable bonds is 10. The molecule has 2 fully saturated rings. The zero-order valence-corrected chi connectivity index (χ0v) is 31.3. The zero-order chi connectivity index (χ0) is 37.2. The highest BCUT2D eigenvalue weighted by molar-refractivity contribution is 7.92. The third-order valence-corrected chi connectivity index (χ3v) is 11.2. The molecule has 7 rings (SSSR count). The van der Waals surface area contributed by atoms with Gasteiger partial charge in [-0.2, -0.15) is 5.26 Å². The van der Waals surface area contributed by atoms with Crippen LogP contribution in [0.2, 0.25) is 10.0 Å². The maximum absolute atomic E-state index is 13.7. The molecule has 53 heavy (non-hydrogen) atoms. The summed E-state index contributed by atoms with van der Waals surface area (Å²) < 4.78 is 34.2. The van der Waals surface area contributed by atoms with Crippen molar-refractivity contribution in [2.75, 3.05) is 52.3 Å². The van der Waals surface area contributed by atoms with Crippen molar-refractivity contribution in [3.8, 4) is 6.07 Å². The van der Waals surface area contributed by atoms with Crippen LogP contribution < -0.4 is 19.4 Å². The van der Waals surface area contributed by atoms with Gasteiger partial charge in [-0.1, -0.05) is 65.7 Å². The van der Waals surface area contributed by atoms with Crippen LogP contribution in [0.15, 0.2) is 126 Å². The molecule has 1 amide bonds. The average molecular weight is 769 g/mol. The zero-order valence-electron chi connectivity index (χ0n) is 29.0. The second-order valence-electron chi connectivity index (χ2n) is 12.6. The van der Waals surface area contributed by atoms with E-state index in [1.54, 1.807) is 30.3 Å². The lowest BCUT2D eigenvalue weighted by Gasteiger charge is -2.30. The van der Waals surface area contributed by atoms with E-state index < -0.39 is 10.0 Å². The Labute approximate surface area is 321 Å². The van der Waals surface area contributed by atoms with Gasteiger partial charge in [0.2, 0.25) is 5.91 Å². The van der Waals surface area contributed by atoms with E-state index in [-0.39, 0.29) is 17.3 Å². The molecule has 0 aliphatic carbocycles. The van der Waals surface area contributed by atoms with Crippen molar-refractivity contribution in [3.05, 3.63) is 148 Å². The first-order chi connectivity index (χ1) is 25.7. The van der Waals surface area contributed by atoms with Gasteiger partial charge in [0.25, 0.3) is 10.0 Å². The van der Waals surface area contributed by atoms with Crippen molar-refractivity contribution in [2.24, 2.45) is 0 Å². The molecule has 12 heteroatoms. The number of halogens is 2. The van der Waals surface area contributed by atoms with E-state index in [9.17, 15) is 18.5 Å². The minimum Gasteiger partial charge on any atom is -0.381 e. The van der Waals surface area contributed by atoms with Gasteiger partial charge in [-0.3, -0.25) is 9.10 Å². The monoisotopic (exact) mass is 767 g/mol. The molecule has 5 aromatic carbocycles. The van der Waals surface area contributed by atoms with Gasteiger partial charge in [0, 0.05) is 59.7 Å². The Morgan fingerprint density at radius 3 is 2.11 bits per heavy atom. The minimum atomic E-state index is -3.94. The first kappa shape index (κ1) is 37.7. The number of carbonyl (C=O) groups is 1. The quantitative estimate of drug-likeness (QED) is 0.152. The van der Waals surface area contributed by atoms with Crippen LogP contribution in [-0.2, 0) is 32.6 Å². The van der Waals surface area contributed by atoms with Crippen molar-refractivity contribution in [2.45, 2.75) is 30.8 Å². The van der Waals surface area contributed by atoms with Crippen molar-refractivity contribution >= 4 is 61.9 Å². The molecule has 0 spiro atoms. The lowest BCUT2D eigenvalue weighted by Crippen LogP contribution is -2.36. The van der Waals surface area contributed by atoms with Crippen LogP contribution in [0, 0.1) is 11.3 Å². The molecule has 0 bridgehead atoms. The van der Waals surface area contributed by atoms with Crippen LogP contribution >= 0.6 is 23.2 Å². The van der Waals surface area contributed by atoms with Gasteiger partial charge in [-0.15, -0.1) is 0 Å². The summed E-state index contributed by atoms with van der Waals surface area (Å²) in [5.74, 6) is 0.213. The number of anilines is 4. The van der Waals surface area contributed by atoms with Crippen molar-refractivity contribution in [3.63, 3.8) is 0 Å². The SMILES string of the molecule is N#Cc1cccc(S(=O)(=O)N(Cc2ccc(Cl)cc2)c2cccc(N3CCOCC3)c2)c1.O=C1CCCN1c1cccc(NCc2ccc(Cl)cc2)c1. The van der Waals surface area contributed by atoms with E-state index in [4.69, 9.17) is 27.9 Å². The molecule has 2 saturated heterocycles. The fraction of sp³-hybridized carbons (Fsp3) is 0.220. The molecule has 0 aromatic heterocycles. The fourth-order valence-corrected chi connectivity index (χ4v) is 7.84. The molecule has 0 atom stereocenters. The molecule has 5 aromatic rings. The summed E-state index contributed by atoms with van der Waals surface area (Å²) in [6.07, 6.45) is 1.60. The molecule has 2 aliphatic rings. The first-order valence-corrected chi connectivity index (χ1v) is 19.5. The summed E-state index contributed by atoms with van der Waals surface area (Å²) in [6, 6.07) is 38.5. The highest BCUT2D eigenvalue weighted by atomic mass is 35.5. The molecule has 1 N–H and O–H groups in total. The second kappa shape index (κ2) is 17.6. The van der Waals surface area contributed by atoms with E-state index in [2.05, 4.69) is 10.2 Å². The number of hydrogen-bond acceptors (Lipinski definition) is 7. The minimum absolute atomic E-state index is 0.0716. The number of nitriles is 1. The Morgan fingerprint density at radius 1 is 0.774 bits per heavy atom. The number of benzene rings is 5. The summed E-state index contributed by atoms with van der Waals surface area (Å²) in [5, 5.41) is 13.9. The smallest absolute Gasteiger partial charge is 0.264 e. The van der Waals surface area contributed by atoms with Crippen LogP contribution in [0.1, 0.15) is 29.5 Å². The highest BCUT2D eigenvalue weighted by Crippen LogP contribution is 2.31. The van der Waals surface area contributed by atoms with Crippen LogP contribution in [0.25, 0.3) is 0 Å². The predicted molar refractivity (Wildman–Crippen MR) is 212 cm³/mol. The molecular formula is C41H39Cl2N5O4S. The summed E-state index contributed by atoms with van der Waals surface area (Å²) in [6.45, 7) is 4.45. The number of carbonyl (C=O) groups excluding carboxylic acids is 1. The molecule has 2 heterocycles. The molecule has 272 valence electrons. The van der Waals surface area contributed by atoms with Gasteiger partial charge in [0.1, 0.15) is 0 Å². The van der Waals surface area contributed by atoms with Crippen LogP contribution in [0.3, 0.4) is 0 Å². The Hall–Kier alpha value is -5.05. The number of nitrogens with one attached hydrogen (secondary N) is 1. The van der Waals surface area contributed by atoms with Gasteiger partial charge in [0.05, 0.1) is 42.0 Å². The molecule has 2 aliphatic heterocycles. The van der Waals surface area contributed by atoms with Gasteiger partial charge in [0.15, 0.2) is 0 Å². The Morgan fingerprint density at radius 2 is 1.43 bits per heavy atom. The molecule has 0 saturated carbocycles. The molecule has 0 unspecified atom stereocenters.